The van der Waals surface area contributed by atoms with Gasteiger partial charge in [-0.2, -0.15) is 0 Å². The maximum Gasteiger partial charge on any atom is 0.0159 e. The van der Waals surface area contributed by atoms with Crippen LogP contribution in [0.2, 0.25) is 0 Å². The third-order valence-corrected chi connectivity index (χ3v) is 12.2. The van der Waals surface area contributed by atoms with Gasteiger partial charge in [0.05, 0.1) is 0 Å². The van der Waals surface area contributed by atoms with Gasteiger partial charge in [0.2, 0.25) is 0 Å². The van der Waals surface area contributed by atoms with Gasteiger partial charge in [-0.05, 0) is 134 Å². The van der Waals surface area contributed by atoms with Crippen LogP contribution in [0.1, 0.15) is 25.0 Å². The Balaban J connectivity index is 1.23. The second kappa shape index (κ2) is 12.1. The number of hydrogen-bond acceptors (Lipinski definition) is 0. The first-order chi connectivity index (χ1) is 27.0. The van der Waals surface area contributed by atoms with Gasteiger partial charge >= 0.3 is 0 Å². The molecular formula is C55H38. The van der Waals surface area contributed by atoms with Gasteiger partial charge in [0.1, 0.15) is 0 Å². The van der Waals surface area contributed by atoms with Crippen LogP contribution >= 0.6 is 0 Å². The van der Waals surface area contributed by atoms with Crippen molar-refractivity contribution in [2.75, 3.05) is 0 Å². The Bertz CT molecular complexity index is 3160. The largest absolute Gasteiger partial charge is 0.0622 e. The summed E-state index contributed by atoms with van der Waals surface area (Å²) in [7, 11) is 0. The lowest BCUT2D eigenvalue weighted by atomic mass is 9.81. The molecule has 11 rings (SSSR count). The lowest BCUT2D eigenvalue weighted by Crippen LogP contribution is -2.14. The van der Waals surface area contributed by atoms with Gasteiger partial charge in [0, 0.05) is 5.41 Å². The summed E-state index contributed by atoms with van der Waals surface area (Å²) in [6, 6.07) is 72.3. The van der Waals surface area contributed by atoms with Gasteiger partial charge < -0.3 is 0 Å². The van der Waals surface area contributed by atoms with Crippen LogP contribution in [0.5, 0.6) is 0 Å². The second-order valence-corrected chi connectivity index (χ2v) is 15.6. The summed E-state index contributed by atoms with van der Waals surface area (Å²) in [4.78, 5) is 0. The molecule has 0 nitrogen and oxygen atoms in total. The fourth-order valence-electron chi connectivity index (χ4n) is 9.59. The molecule has 0 unspecified atom stereocenters. The number of hydrogen-bond donors (Lipinski definition) is 0. The predicted molar refractivity (Wildman–Crippen MR) is 236 cm³/mol. The number of rotatable bonds is 4. The Morgan fingerprint density at radius 3 is 1.67 bits per heavy atom. The smallest absolute Gasteiger partial charge is 0.0159 e. The van der Waals surface area contributed by atoms with Crippen molar-refractivity contribution in [2.45, 2.75) is 19.3 Å². The highest BCUT2D eigenvalue weighted by Crippen LogP contribution is 2.51. The van der Waals surface area contributed by atoms with E-state index < -0.39 is 0 Å². The molecule has 258 valence electrons. The lowest BCUT2D eigenvalue weighted by molar-refractivity contribution is 0.660. The van der Waals surface area contributed by atoms with Crippen molar-refractivity contribution < 1.29 is 0 Å². The zero-order chi connectivity index (χ0) is 36.7. The van der Waals surface area contributed by atoms with E-state index in [0.29, 0.717) is 0 Å². The molecule has 0 amide bonds. The molecule has 0 fully saturated rings. The standard InChI is InChI=1S/C55H38/c1-55(2)51-26-13-12-23-44(51)45-29-27-38(34-52(45)55)37-28-30-48-50(32-37)54(49-33-39-17-6-7-20-41(39)42-21-8-9-22-43(42)49)47-25-11-10-24-46(47)53(48)40-19-14-18-36(31-40)35-15-4-3-5-16-35/h3-34H,1-2H3. The fourth-order valence-corrected chi connectivity index (χ4v) is 9.59. The Labute approximate surface area is 322 Å². The van der Waals surface area contributed by atoms with Gasteiger partial charge in [-0.1, -0.05) is 184 Å². The van der Waals surface area contributed by atoms with E-state index in [4.69, 9.17) is 0 Å². The van der Waals surface area contributed by atoms with Gasteiger partial charge in [-0.25, -0.2) is 0 Å². The number of benzene rings is 10. The highest BCUT2D eigenvalue weighted by Gasteiger charge is 2.35. The van der Waals surface area contributed by atoms with Crippen LogP contribution in [-0.2, 0) is 5.41 Å². The third-order valence-electron chi connectivity index (χ3n) is 12.2. The molecule has 1 aliphatic carbocycles. The van der Waals surface area contributed by atoms with Crippen molar-refractivity contribution in [3.05, 3.63) is 205 Å². The quantitative estimate of drug-likeness (QED) is 0.127. The molecule has 10 aromatic carbocycles. The monoisotopic (exact) mass is 698 g/mol. The van der Waals surface area contributed by atoms with E-state index in [-0.39, 0.29) is 5.41 Å². The molecule has 0 heterocycles. The summed E-state index contributed by atoms with van der Waals surface area (Å²) >= 11 is 0. The molecular weight excluding hydrogens is 661 g/mol. The van der Waals surface area contributed by atoms with Crippen LogP contribution in [0.4, 0.5) is 0 Å². The van der Waals surface area contributed by atoms with Crippen LogP contribution in [-0.4, -0.2) is 0 Å². The first-order valence-electron chi connectivity index (χ1n) is 19.3. The molecule has 0 bridgehead atoms. The van der Waals surface area contributed by atoms with Gasteiger partial charge in [0.15, 0.2) is 0 Å². The summed E-state index contributed by atoms with van der Waals surface area (Å²) < 4.78 is 0. The maximum absolute atomic E-state index is 2.47. The van der Waals surface area contributed by atoms with Crippen molar-refractivity contribution >= 4 is 43.1 Å². The Hall–Kier alpha value is -6.76. The SMILES string of the molecule is CC1(C)c2ccccc2-c2ccc(-c3ccc4c(-c5cccc(-c6ccccc6)c5)c5ccccc5c(-c5cc6ccccc6c6ccccc56)c4c3)cc21. The van der Waals surface area contributed by atoms with E-state index in [1.807, 2.05) is 0 Å². The molecule has 0 heteroatoms. The summed E-state index contributed by atoms with van der Waals surface area (Å²) in [6.07, 6.45) is 0. The minimum absolute atomic E-state index is 0.0684. The first kappa shape index (κ1) is 31.7. The molecule has 0 radical (unpaired) electrons. The van der Waals surface area contributed by atoms with Crippen LogP contribution in [0, 0.1) is 0 Å². The molecule has 0 aromatic heterocycles. The zero-order valence-corrected chi connectivity index (χ0v) is 31.0. The lowest BCUT2D eigenvalue weighted by Gasteiger charge is -2.22. The molecule has 0 spiro atoms. The van der Waals surface area contributed by atoms with E-state index in [2.05, 4.69) is 208 Å². The topological polar surface area (TPSA) is 0 Å². The van der Waals surface area contributed by atoms with Gasteiger partial charge in [0.25, 0.3) is 0 Å². The predicted octanol–water partition coefficient (Wildman–Crippen LogP) is 15.3. The second-order valence-electron chi connectivity index (χ2n) is 15.6. The van der Waals surface area contributed by atoms with Gasteiger partial charge in [-0.15, -0.1) is 0 Å². The van der Waals surface area contributed by atoms with E-state index >= 15 is 0 Å². The van der Waals surface area contributed by atoms with E-state index in [9.17, 15) is 0 Å². The summed E-state index contributed by atoms with van der Waals surface area (Å²) in [5, 5.41) is 10.1. The molecule has 0 aliphatic heterocycles. The van der Waals surface area contributed by atoms with Crippen molar-refractivity contribution in [3.63, 3.8) is 0 Å². The molecule has 0 saturated heterocycles. The average Bonchev–Trinajstić information content (AvgIpc) is 3.48. The number of fused-ring (bicyclic) bond motifs is 8. The summed E-state index contributed by atoms with van der Waals surface area (Å²) in [5.74, 6) is 0. The van der Waals surface area contributed by atoms with Crippen molar-refractivity contribution in [2.24, 2.45) is 0 Å². The van der Waals surface area contributed by atoms with Crippen LogP contribution in [0.25, 0.3) is 98.7 Å². The Morgan fingerprint density at radius 1 is 0.273 bits per heavy atom. The van der Waals surface area contributed by atoms with Crippen LogP contribution in [0.3, 0.4) is 0 Å². The summed E-state index contributed by atoms with van der Waals surface area (Å²) in [6.45, 7) is 4.74. The minimum Gasteiger partial charge on any atom is -0.0622 e. The molecule has 1 aliphatic rings. The van der Waals surface area contributed by atoms with Crippen molar-refractivity contribution in [3.8, 4) is 55.6 Å². The Morgan fingerprint density at radius 2 is 0.836 bits per heavy atom. The molecule has 0 saturated carbocycles. The molecule has 10 aromatic rings. The molecule has 0 N–H and O–H groups in total. The highest BCUT2D eigenvalue weighted by molar-refractivity contribution is 6.26. The van der Waals surface area contributed by atoms with Crippen LogP contribution in [0.15, 0.2) is 194 Å². The van der Waals surface area contributed by atoms with E-state index in [0.717, 1.165) is 0 Å². The van der Waals surface area contributed by atoms with E-state index in [1.165, 1.54) is 110 Å². The first-order valence-corrected chi connectivity index (χ1v) is 19.3. The zero-order valence-electron chi connectivity index (χ0n) is 31.0. The van der Waals surface area contributed by atoms with Crippen molar-refractivity contribution in [1.29, 1.82) is 0 Å². The summed E-state index contributed by atoms with van der Waals surface area (Å²) in [5.41, 5.74) is 15.4. The van der Waals surface area contributed by atoms with Gasteiger partial charge in [-0.3, -0.25) is 0 Å². The Kier molecular flexibility index (Phi) is 7.00. The van der Waals surface area contributed by atoms with Crippen LogP contribution < -0.4 is 0 Å². The average molecular weight is 699 g/mol. The molecule has 0 atom stereocenters. The maximum atomic E-state index is 2.47. The van der Waals surface area contributed by atoms with E-state index in [1.54, 1.807) is 0 Å². The normalized spacial score (nSPS) is 13.1. The minimum atomic E-state index is -0.0684. The fraction of sp³-hybridized carbons (Fsp3) is 0.0545. The molecule has 55 heavy (non-hydrogen) atoms. The van der Waals surface area contributed by atoms with Crippen molar-refractivity contribution in [1.82, 2.24) is 0 Å². The highest BCUT2D eigenvalue weighted by atomic mass is 14.4. The third kappa shape index (κ3) is 4.85.